The molecule has 0 spiro atoms. The Morgan fingerprint density at radius 3 is 2.66 bits per heavy atom. The van der Waals surface area contributed by atoms with Crippen LogP contribution in [-0.2, 0) is 20.7 Å². The second-order valence-electron chi connectivity index (χ2n) is 9.14. The summed E-state index contributed by atoms with van der Waals surface area (Å²) in [5.74, 6) is 0.0986. The Morgan fingerprint density at radius 1 is 1.09 bits per heavy atom. The molecule has 1 fully saturated rings. The zero-order valence-electron chi connectivity index (χ0n) is 20.3. The molecular formula is C27H33N3O5. The highest BCUT2D eigenvalue weighted by atomic mass is 16.5. The average molecular weight is 480 g/mol. The molecule has 2 N–H and O–H groups in total. The molecule has 3 atom stereocenters. The van der Waals surface area contributed by atoms with Crippen molar-refractivity contribution in [1.29, 1.82) is 0 Å². The van der Waals surface area contributed by atoms with Crippen LogP contribution in [0.4, 0.5) is 5.69 Å². The lowest BCUT2D eigenvalue weighted by Gasteiger charge is -2.42. The van der Waals surface area contributed by atoms with Crippen LogP contribution in [0.25, 0.3) is 0 Å². The minimum atomic E-state index is -0.319. The number of fused-ring (bicyclic) bond motifs is 2. The van der Waals surface area contributed by atoms with E-state index in [1.54, 1.807) is 30.1 Å². The molecule has 0 bridgehead atoms. The first-order valence-electron chi connectivity index (χ1n) is 12.2. The molecule has 1 saturated heterocycles. The molecule has 0 radical (unpaired) electrons. The summed E-state index contributed by atoms with van der Waals surface area (Å²) in [5.41, 5.74) is 1.87. The van der Waals surface area contributed by atoms with Gasteiger partial charge in [0.15, 0.2) is 0 Å². The van der Waals surface area contributed by atoms with Gasteiger partial charge in [-0.3, -0.25) is 14.4 Å². The topological polar surface area (TPSA) is 97.0 Å². The van der Waals surface area contributed by atoms with E-state index in [1.165, 1.54) is 0 Å². The second-order valence-corrected chi connectivity index (χ2v) is 9.14. The summed E-state index contributed by atoms with van der Waals surface area (Å²) in [6, 6.07) is 14.5. The van der Waals surface area contributed by atoms with E-state index in [0.29, 0.717) is 36.4 Å². The number of likely N-dealkylation sites (N-methyl/N-ethyl adjacent to an activating group) is 1. The number of rotatable bonds is 7. The van der Waals surface area contributed by atoms with Crippen LogP contribution in [0.3, 0.4) is 0 Å². The lowest BCUT2D eigenvalue weighted by molar-refractivity contribution is -0.134. The van der Waals surface area contributed by atoms with Crippen molar-refractivity contribution in [3.63, 3.8) is 0 Å². The van der Waals surface area contributed by atoms with Gasteiger partial charge in [-0.1, -0.05) is 37.3 Å². The molecule has 3 amide bonds. The number of hydrogen-bond acceptors (Lipinski definition) is 5. The summed E-state index contributed by atoms with van der Waals surface area (Å²) in [6.45, 7) is 2.95. The first-order chi connectivity index (χ1) is 16.9. The molecule has 0 unspecified atom stereocenters. The van der Waals surface area contributed by atoms with E-state index in [4.69, 9.17) is 9.47 Å². The lowest BCUT2D eigenvalue weighted by Crippen LogP contribution is -2.54. The van der Waals surface area contributed by atoms with E-state index in [1.807, 2.05) is 37.3 Å². The van der Waals surface area contributed by atoms with E-state index >= 15 is 0 Å². The van der Waals surface area contributed by atoms with E-state index in [2.05, 4.69) is 10.6 Å². The van der Waals surface area contributed by atoms with Gasteiger partial charge in [-0.2, -0.15) is 0 Å². The Morgan fingerprint density at radius 2 is 1.89 bits per heavy atom. The summed E-state index contributed by atoms with van der Waals surface area (Å²) in [5, 5.41) is 5.77. The normalized spacial score (nSPS) is 21.6. The van der Waals surface area contributed by atoms with Gasteiger partial charge in [0.1, 0.15) is 18.5 Å². The van der Waals surface area contributed by atoms with Crippen molar-refractivity contribution in [3.05, 3.63) is 59.7 Å². The van der Waals surface area contributed by atoms with E-state index in [-0.39, 0.29) is 49.0 Å². The predicted octanol–water partition coefficient (Wildman–Crippen LogP) is 3.16. The summed E-state index contributed by atoms with van der Waals surface area (Å²) < 4.78 is 12.2. The molecule has 4 rings (SSSR count). The SMILES string of the molecule is CCCNC(=O)C[C@@H]1CC[C@H]2[C@H](COc3ccc(NC(=O)Cc4ccccc4)cc3C(=O)N2C)O1. The zero-order valence-corrected chi connectivity index (χ0v) is 20.3. The summed E-state index contributed by atoms with van der Waals surface area (Å²) >= 11 is 0. The van der Waals surface area contributed by atoms with Crippen LogP contribution >= 0.6 is 0 Å². The largest absolute Gasteiger partial charge is 0.490 e. The quantitative estimate of drug-likeness (QED) is 0.636. The smallest absolute Gasteiger partial charge is 0.257 e. The van der Waals surface area contributed by atoms with Crippen LogP contribution in [0.5, 0.6) is 5.75 Å². The molecular weight excluding hydrogens is 446 g/mol. The molecule has 2 aliphatic rings. The van der Waals surface area contributed by atoms with Gasteiger partial charge in [-0.25, -0.2) is 0 Å². The Bertz CT molecular complexity index is 1060. The first kappa shape index (κ1) is 24.7. The Balaban J connectivity index is 1.43. The van der Waals surface area contributed by atoms with Crippen LogP contribution < -0.4 is 15.4 Å². The van der Waals surface area contributed by atoms with Crippen LogP contribution in [0.15, 0.2) is 48.5 Å². The highest BCUT2D eigenvalue weighted by molar-refractivity contribution is 6.00. The maximum atomic E-state index is 13.4. The summed E-state index contributed by atoms with van der Waals surface area (Å²) in [7, 11) is 1.77. The van der Waals surface area contributed by atoms with Crippen LogP contribution in [0.2, 0.25) is 0 Å². The maximum Gasteiger partial charge on any atom is 0.257 e. The Kier molecular flexibility index (Phi) is 8.02. The fraction of sp³-hybridized carbons (Fsp3) is 0.444. The maximum absolute atomic E-state index is 13.4. The minimum Gasteiger partial charge on any atom is -0.490 e. The third-order valence-corrected chi connectivity index (χ3v) is 6.49. The third kappa shape index (κ3) is 6.19. The molecule has 35 heavy (non-hydrogen) atoms. The van der Waals surface area contributed by atoms with Crippen LogP contribution in [0, 0.1) is 0 Å². The number of nitrogens with zero attached hydrogens (tertiary/aromatic N) is 1. The molecule has 2 heterocycles. The second kappa shape index (κ2) is 11.4. The standard InChI is InChI=1S/C27H33N3O5/c1-3-13-28-25(31)16-20-10-11-22-24(35-20)17-34-23-12-9-19(15-21(23)27(33)30(22)2)29-26(32)14-18-7-5-4-6-8-18/h4-9,12,15,20,22,24H,3,10-11,13-14,16-17H2,1-2H3,(H,28,31)(H,29,32)/t20-,22-,24-/m0/s1. The number of anilines is 1. The number of carbonyl (C=O) groups excluding carboxylic acids is 3. The van der Waals surface area contributed by atoms with Crippen molar-refractivity contribution in [1.82, 2.24) is 10.2 Å². The van der Waals surface area contributed by atoms with Gasteiger partial charge in [0.25, 0.3) is 5.91 Å². The van der Waals surface area contributed by atoms with Gasteiger partial charge in [0, 0.05) is 19.3 Å². The number of amides is 3. The highest BCUT2D eigenvalue weighted by Gasteiger charge is 2.39. The van der Waals surface area contributed by atoms with Crippen molar-refractivity contribution in [2.24, 2.45) is 0 Å². The van der Waals surface area contributed by atoms with E-state index in [0.717, 1.165) is 18.4 Å². The average Bonchev–Trinajstić information content (AvgIpc) is 2.86. The van der Waals surface area contributed by atoms with Gasteiger partial charge in [0.05, 0.1) is 30.6 Å². The molecule has 0 saturated carbocycles. The van der Waals surface area contributed by atoms with Crippen molar-refractivity contribution in [2.75, 3.05) is 25.5 Å². The first-order valence-corrected chi connectivity index (χ1v) is 12.2. The fourth-order valence-corrected chi connectivity index (χ4v) is 4.64. The highest BCUT2D eigenvalue weighted by Crippen LogP contribution is 2.32. The molecule has 2 aromatic rings. The Labute approximate surface area is 206 Å². The van der Waals surface area contributed by atoms with Crippen molar-refractivity contribution in [2.45, 2.75) is 57.3 Å². The monoisotopic (exact) mass is 479 g/mol. The Hall–Kier alpha value is -3.39. The molecule has 8 nitrogen and oxygen atoms in total. The van der Waals surface area contributed by atoms with Crippen molar-refractivity contribution in [3.8, 4) is 5.75 Å². The zero-order chi connectivity index (χ0) is 24.8. The van der Waals surface area contributed by atoms with E-state index < -0.39 is 0 Å². The van der Waals surface area contributed by atoms with Crippen molar-refractivity contribution < 1.29 is 23.9 Å². The van der Waals surface area contributed by atoms with Crippen LogP contribution in [-0.4, -0.2) is 61.1 Å². The number of nitrogens with one attached hydrogen (secondary N) is 2. The lowest BCUT2D eigenvalue weighted by atomic mass is 9.94. The number of benzene rings is 2. The number of ether oxygens (including phenoxy) is 2. The fourth-order valence-electron chi connectivity index (χ4n) is 4.64. The van der Waals surface area contributed by atoms with Gasteiger partial charge < -0.3 is 25.0 Å². The third-order valence-electron chi connectivity index (χ3n) is 6.49. The molecule has 2 aromatic carbocycles. The van der Waals surface area contributed by atoms with Gasteiger partial charge >= 0.3 is 0 Å². The van der Waals surface area contributed by atoms with Crippen molar-refractivity contribution >= 4 is 23.4 Å². The summed E-state index contributed by atoms with van der Waals surface area (Å²) in [4.78, 5) is 39.7. The molecule has 8 heteroatoms. The minimum absolute atomic E-state index is 0.0151. The number of carbonyl (C=O) groups is 3. The van der Waals surface area contributed by atoms with Crippen LogP contribution in [0.1, 0.15) is 48.5 Å². The molecule has 0 aliphatic carbocycles. The van der Waals surface area contributed by atoms with Gasteiger partial charge in [0.2, 0.25) is 11.8 Å². The predicted molar refractivity (Wildman–Crippen MR) is 132 cm³/mol. The summed E-state index contributed by atoms with van der Waals surface area (Å²) in [6.07, 6.45) is 2.36. The van der Waals surface area contributed by atoms with Gasteiger partial charge in [-0.15, -0.1) is 0 Å². The molecule has 186 valence electrons. The molecule has 2 aliphatic heterocycles. The van der Waals surface area contributed by atoms with E-state index in [9.17, 15) is 14.4 Å². The van der Waals surface area contributed by atoms with Gasteiger partial charge in [-0.05, 0) is 43.0 Å². The number of hydrogen-bond donors (Lipinski definition) is 2. The molecule has 0 aromatic heterocycles.